The summed E-state index contributed by atoms with van der Waals surface area (Å²) in [4.78, 5) is 12.3. The molecule has 126 valence electrons. The molecule has 0 aliphatic rings. The molecule has 0 aliphatic carbocycles. The lowest BCUT2D eigenvalue weighted by Crippen LogP contribution is -2.18. The highest BCUT2D eigenvalue weighted by Crippen LogP contribution is 2.26. The summed E-state index contributed by atoms with van der Waals surface area (Å²) in [5.74, 6) is 0.847. The lowest BCUT2D eigenvalue weighted by atomic mass is 10.0. The van der Waals surface area contributed by atoms with Crippen LogP contribution in [0.4, 0.5) is 0 Å². The number of carbonyl (C=O) groups excluding carboxylic acids is 1. The van der Waals surface area contributed by atoms with Crippen LogP contribution in [0, 0.1) is 0 Å². The summed E-state index contributed by atoms with van der Waals surface area (Å²) >= 11 is 0. The number of hydrogen-bond acceptors (Lipinski definition) is 4. The number of carbonyl (C=O) groups is 1. The summed E-state index contributed by atoms with van der Waals surface area (Å²) in [5.41, 5.74) is 3.76. The predicted octanol–water partition coefficient (Wildman–Crippen LogP) is 3.62. The number of benzene rings is 3. The van der Waals surface area contributed by atoms with E-state index in [1.54, 1.807) is 37.6 Å². The number of nitrogens with zero attached hydrogens (tertiary/aromatic N) is 1. The van der Waals surface area contributed by atoms with Gasteiger partial charge >= 0.3 is 0 Å². The smallest absolute Gasteiger partial charge is 0.275 e. The molecule has 0 radical (unpaired) electrons. The Hall–Kier alpha value is -3.34. The van der Waals surface area contributed by atoms with E-state index >= 15 is 0 Å². The zero-order valence-corrected chi connectivity index (χ0v) is 14.0. The van der Waals surface area contributed by atoms with Gasteiger partial charge < -0.3 is 9.47 Å². The van der Waals surface area contributed by atoms with Gasteiger partial charge in [-0.2, -0.15) is 5.10 Å². The summed E-state index contributed by atoms with van der Waals surface area (Å²) in [7, 11) is 3.13. The average Bonchev–Trinajstić information content (AvgIpc) is 2.67. The Balaban J connectivity index is 1.87. The van der Waals surface area contributed by atoms with Crippen LogP contribution in [0.15, 0.2) is 65.8 Å². The fraction of sp³-hybridized carbons (Fsp3) is 0.100. The summed E-state index contributed by atoms with van der Waals surface area (Å²) < 4.78 is 10.6. The Labute approximate surface area is 145 Å². The van der Waals surface area contributed by atoms with Crippen LogP contribution in [0.1, 0.15) is 15.9 Å². The van der Waals surface area contributed by atoms with E-state index in [1.165, 1.54) is 7.11 Å². The van der Waals surface area contributed by atoms with E-state index in [-0.39, 0.29) is 5.91 Å². The molecule has 5 nitrogen and oxygen atoms in total. The van der Waals surface area contributed by atoms with Crippen molar-refractivity contribution in [3.8, 4) is 11.5 Å². The maximum atomic E-state index is 12.3. The number of nitrogens with one attached hydrogen (secondary N) is 1. The molecule has 0 saturated carbocycles. The first kappa shape index (κ1) is 16.5. The fourth-order valence-corrected chi connectivity index (χ4v) is 2.63. The first-order chi connectivity index (χ1) is 12.2. The van der Waals surface area contributed by atoms with E-state index in [0.29, 0.717) is 17.1 Å². The minimum absolute atomic E-state index is 0.340. The number of ether oxygens (including phenoxy) is 2. The van der Waals surface area contributed by atoms with Crippen molar-refractivity contribution in [2.24, 2.45) is 5.10 Å². The molecule has 3 aromatic rings. The van der Waals surface area contributed by atoms with Crippen molar-refractivity contribution in [3.05, 3.63) is 71.8 Å². The Morgan fingerprint density at radius 2 is 1.64 bits per heavy atom. The zero-order chi connectivity index (χ0) is 17.6. The Morgan fingerprint density at radius 1 is 0.920 bits per heavy atom. The van der Waals surface area contributed by atoms with Crippen LogP contribution < -0.4 is 14.9 Å². The van der Waals surface area contributed by atoms with Gasteiger partial charge in [0.05, 0.1) is 26.0 Å². The molecule has 1 amide bonds. The van der Waals surface area contributed by atoms with Gasteiger partial charge in [-0.25, -0.2) is 5.43 Å². The number of hydrazone groups is 1. The third-order valence-electron chi connectivity index (χ3n) is 3.86. The second-order valence-electron chi connectivity index (χ2n) is 5.30. The predicted molar refractivity (Wildman–Crippen MR) is 98.6 cm³/mol. The maximum Gasteiger partial charge on any atom is 0.275 e. The highest BCUT2D eigenvalue weighted by Gasteiger charge is 2.11. The molecule has 0 unspecified atom stereocenters. The quantitative estimate of drug-likeness (QED) is 0.573. The van der Waals surface area contributed by atoms with Crippen LogP contribution in [0.5, 0.6) is 11.5 Å². The van der Waals surface area contributed by atoms with Crippen molar-refractivity contribution in [2.75, 3.05) is 14.2 Å². The second-order valence-corrected chi connectivity index (χ2v) is 5.30. The van der Waals surface area contributed by atoms with Crippen molar-refractivity contribution in [1.82, 2.24) is 5.43 Å². The van der Waals surface area contributed by atoms with E-state index in [0.717, 1.165) is 16.3 Å². The first-order valence-electron chi connectivity index (χ1n) is 7.76. The van der Waals surface area contributed by atoms with Crippen molar-refractivity contribution in [2.45, 2.75) is 0 Å². The molecule has 0 bridgehead atoms. The van der Waals surface area contributed by atoms with Crippen molar-refractivity contribution < 1.29 is 14.3 Å². The molecule has 0 aliphatic heterocycles. The zero-order valence-electron chi connectivity index (χ0n) is 14.0. The number of fused-ring (bicyclic) bond motifs is 1. The van der Waals surface area contributed by atoms with Crippen LogP contribution >= 0.6 is 0 Å². The van der Waals surface area contributed by atoms with Gasteiger partial charge in [-0.15, -0.1) is 0 Å². The standard InChI is InChI=1S/C20H18N2O3/c1-24-18-10-6-5-9-16(18)20(23)22-21-13-17-15-8-4-3-7-14(15)11-12-19(17)25-2/h3-13H,1-2H3,(H,22,23)/b21-13+. The Bertz CT molecular complexity index is 935. The number of para-hydroxylation sites is 1. The highest BCUT2D eigenvalue weighted by atomic mass is 16.5. The van der Waals surface area contributed by atoms with Gasteiger partial charge in [-0.1, -0.05) is 42.5 Å². The van der Waals surface area contributed by atoms with Gasteiger partial charge in [-0.3, -0.25) is 4.79 Å². The molecular formula is C20H18N2O3. The topological polar surface area (TPSA) is 59.9 Å². The number of rotatable bonds is 5. The van der Waals surface area contributed by atoms with Gasteiger partial charge in [0.1, 0.15) is 11.5 Å². The number of hydrogen-bond donors (Lipinski definition) is 1. The molecule has 1 N–H and O–H groups in total. The summed E-state index contributed by atoms with van der Waals surface area (Å²) in [6.45, 7) is 0. The normalized spacial score (nSPS) is 10.8. The summed E-state index contributed by atoms with van der Waals surface area (Å²) in [6.07, 6.45) is 1.59. The van der Waals surface area contributed by atoms with E-state index in [1.807, 2.05) is 36.4 Å². The van der Waals surface area contributed by atoms with Gasteiger partial charge in [-0.05, 0) is 29.0 Å². The number of methoxy groups -OCH3 is 2. The molecule has 3 aromatic carbocycles. The molecule has 5 heteroatoms. The van der Waals surface area contributed by atoms with E-state index in [2.05, 4.69) is 10.5 Å². The second kappa shape index (κ2) is 7.49. The number of amides is 1. The van der Waals surface area contributed by atoms with Gasteiger partial charge in [0, 0.05) is 5.56 Å². The van der Waals surface area contributed by atoms with Gasteiger partial charge in [0.25, 0.3) is 5.91 Å². The van der Waals surface area contributed by atoms with Gasteiger partial charge in [0.2, 0.25) is 0 Å². The molecule has 0 fully saturated rings. The van der Waals surface area contributed by atoms with E-state index in [4.69, 9.17) is 9.47 Å². The third kappa shape index (κ3) is 3.45. The molecule has 0 atom stereocenters. The minimum atomic E-state index is -0.340. The maximum absolute atomic E-state index is 12.3. The third-order valence-corrected chi connectivity index (χ3v) is 3.86. The SMILES string of the molecule is COc1ccccc1C(=O)N/N=C/c1c(OC)ccc2ccccc12. The molecule has 0 spiro atoms. The molecule has 0 saturated heterocycles. The summed E-state index contributed by atoms with van der Waals surface area (Å²) in [5, 5.41) is 6.16. The molecule has 0 heterocycles. The molecular weight excluding hydrogens is 316 g/mol. The van der Waals surface area contributed by atoms with Crippen LogP contribution in [0.3, 0.4) is 0 Å². The lowest BCUT2D eigenvalue weighted by Gasteiger charge is -2.09. The minimum Gasteiger partial charge on any atom is -0.496 e. The van der Waals surface area contributed by atoms with Gasteiger partial charge in [0.15, 0.2) is 0 Å². The fourth-order valence-electron chi connectivity index (χ4n) is 2.63. The highest BCUT2D eigenvalue weighted by molar-refractivity contribution is 6.03. The lowest BCUT2D eigenvalue weighted by molar-refractivity contribution is 0.0952. The molecule has 3 rings (SSSR count). The van der Waals surface area contributed by atoms with E-state index < -0.39 is 0 Å². The Morgan fingerprint density at radius 3 is 2.44 bits per heavy atom. The monoisotopic (exact) mass is 334 g/mol. The average molecular weight is 334 g/mol. The van der Waals surface area contributed by atoms with Crippen LogP contribution in [-0.4, -0.2) is 26.3 Å². The first-order valence-corrected chi connectivity index (χ1v) is 7.76. The van der Waals surface area contributed by atoms with Crippen molar-refractivity contribution in [1.29, 1.82) is 0 Å². The molecule has 25 heavy (non-hydrogen) atoms. The largest absolute Gasteiger partial charge is 0.496 e. The van der Waals surface area contributed by atoms with Crippen molar-refractivity contribution in [3.63, 3.8) is 0 Å². The van der Waals surface area contributed by atoms with E-state index in [9.17, 15) is 4.79 Å². The summed E-state index contributed by atoms with van der Waals surface area (Å²) in [6, 6.07) is 18.8. The van der Waals surface area contributed by atoms with Crippen LogP contribution in [-0.2, 0) is 0 Å². The van der Waals surface area contributed by atoms with Crippen LogP contribution in [0.25, 0.3) is 10.8 Å². The molecule has 0 aromatic heterocycles. The van der Waals surface area contributed by atoms with Crippen LogP contribution in [0.2, 0.25) is 0 Å². The Kier molecular flexibility index (Phi) is 4.95. The van der Waals surface area contributed by atoms with Crippen molar-refractivity contribution >= 4 is 22.9 Å².